The average molecular weight is 498 g/mol. The Labute approximate surface area is 206 Å². The number of epoxide rings is 1. The number of hydrogen-bond donors (Lipinski definition) is 2. The first-order chi connectivity index (χ1) is 17.3. The molecule has 1 aliphatic carbocycles. The van der Waals surface area contributed by atoms with Crippen LogP contribution in [0.25, 0.3) is 10.8 Å². The van der Waals surface area contributed by atoms with E-state index in [1.165, 1.54) is 14.2 Å². The van der Waals surface area contributed by atoms with Crippen molar-refractivity contribution in [3.8, 4) is 11.5 Å². The zero-order chi connectivity index (χ0) is 25.2. The van der Waals surface area contributed by atoms with Crippen LogP contribution in [-0.2, 0) is 25.4 Å². The molecule has 2 aromatic rings. The molecule has 0 amide bonds. The molecule has 190 valence electrons. The molecule has 10 heteroatoms. The SMILES string of the molecule is COc1c2c(c(C=O)c3cc(C)c4c(c13)OC1(O)C3OC(C(CO)OC)(OC43)C13CO3)CCCC2=O. The van der Waals surface area contributed by atoms with E-state index in [-0.39, 0.29) is 18.1 Å². The van der Waals surface area contributed by atoms with Crippen LogP contribution in [0.1, 0.15) is 56.4 Å². The van der Waals surface area contributed by atoms with Crippen LogP contribution in [0.2, 0.25) is 0 Å². The van der Waals surface area contributed by atoms with E-state index in [9.17, 15) is 19.8 Å². The van der Waals surface area contributed by atoms with Gasteiger partial charge in [-0.05, 0) is 37.0 Å². The summed E-state index contributed by atoms with van der Waals surface area (Å²) < 4.78 is 36.2. The van der Waals surface area contributed by atoms with Gasteiger partial charge in [-0.15, -0.1) is 0 Å². The number of carbonyl (C=O) groups excluding carboxylic acids is 2. The second-order valence-electron chi connectivity index (χ2n) is 10.1. The maximum atomic E-state index is 13.0. The minimum Gasteiger partial charge on any atom is -0.495 e. The van der Waals surface area contributed by atoms with E-state index in [4.69, 9.17) is 28.4 Å². The highest BCUT2D eigenvalue weighted by molar-refractivity contribution is 6.14. The predicted molar refractivity (Wildman–Crippen MR) is 121 cm³/mol. The van der Waals surface area contributed by atoms with Gasteiger partial charge in [0.05, 0.1) is 31.3 Å². The molecule has 2 N–H and O–H groups in total. The maximum absolute atomic E-state index is 13.0. The number of aryl methyl sites for hydroxylation is 1. The van der Waals surface area contributed by atoms with Crippen molar-refractivity contribution in [1.29, 1.82) is 0 Å². The molecule has 10 nitrogen and oxygen atoms in total. The fraction of sp³-hybridized carbons (Fsp3) is 0.538. The van der Waals surface area contributed by atoms with Gasteiger partial charge in [-0.1, -0.05) is 0 Å². The molecule has 1 spiro atoms. The summed E-state index contributed by atoms with van der Waals surface area (Å²) in [6.45, 7) is 1.50. The summed E-state index contributed by atoms with van der Waals surface area (Å²) >= 11 is 0. The predicted octanol–water partition coefficient (Wildman–Crippen LogP) is 1.51. The van der Waals surface area contributed by atoms with Gasteiger partial charge in [-0.3, -0.25) is 9.59 Å². The van der Waals surface area contributed by atoms with Crippen LogP contribution >= 0.6 is 0 Å². The summed E-state index contributed by atoms with van der Waals surface area (Å²) in [6, 6.07) is 1.86. The van der Waals surface area contributed by atoms with Crippen LogP contribution in [0.4, 0.5) is 0 Å². The monoisotopic (exact) mass is 498 g/mol. The number of ether oxygens (including phenoxy) is 6. The van der Waals surface area contributed by atoms with E-state index in [0.717, 1.165) is 11.8 Å². The molecular weight excluding hydrogens is 472 g/mol. The Kier molecular flexibility index (Phi) is 4.41. The number of hydrogen-bond acceptors (Lipinski definition) is 10. The Morgan fingerprint density at radius 2 is 2.06 bits per heavy atom. The molecule has 2 aromatic carbocycles. The number of benzene rings is 2. The minimum atomic E-state index is -1.97. The summed E-state index contributed by atoms with van der Waals surface area (Å²) in [7, 11) is 2.90. The molecule has 0 saturated carbocycles. The Hall–Kier alpha value is -2.60. The van der Waals surface area contributed by atoms with E-state index in [1.54, 1.807) is 0 Å². The summed E-state index contributed by atoms with van der Waals surface area (Å²) in [5.41, 5.74) is 1.41. The lowest BCUT2D eigenvalue weighted by atomic mass is 9.77. The van der Waals surface area contributed by atoms with E-state index in [1.807, 2.05) is 13.0 Å². The van der Waals surface area contributed by atoms with E-state index < -0.39 is 42.1 Å². The van der Waals surface area contributed by atoms with Gasteiger partial charge in [0.25, 0.3) is 5.79 Å². The third-order valence-corrected chi connectivity index (χ3v) is 8.58. The van der Waals surface area contributed by atoms with Crippen molar-refractivity contribution in [1.82, 2.24) is 0 Å². The molecule has 6 unspecified atom stereocenters. The number of rotatable bonds is 5. The summed E-state index contributed by atoms with van der Waals surface area (Å²) in [4.78, 5) is 25.4. The summed E-state index contributed by atoms with van der Waals surface area (Å²) in [5, 5.41) is 23.0. The number of ketones is 1. The standard InChI is InChI=1S/C26H26O10/c1-11-7-13-14(8-27)12-5-4-6-15(29)18(12)20(32-3)19(13)21-17(11)22-23-25(30,34-21)24(10-33-24)26(35-22,36-23)16(9-28)31-2/h7-8,16,22-23,28,30H,4-6,9-10H2,1-3H3. The number of Topliss-reactive ketones (excluding diaryl/α,β-unsaturated/α-hetero) is 1. The lowest BCUT2D eigenvalue weighted by Crippen LogP contribution is -2.69. The average Bonchev–Trinajstić information content (AvgIpc) is 3.54. The number of aldehydes is 1. The molecule has 4 heterocycles. The fourth-order valence-corrected chi connectivity index (χ4v) is 6.94. The smallest absolute Gasteiger partial charge is 0.274 e. The normalized spacial score (nSPS) is 36.0. The minimum absolute atomic E-state index is 0.0657. The molecule has 4 aliphatic heterocycles. The van der Waals surface area contributed by atoms with Gasteiger partial charge in [0.1, 0.15) is 23.7 Å². The van der Waals surface area contributed by atoms with Crippen molar-refractivity contribution in [2.45, 2.75) is 61.7 Å². The van der Waals surface area contributed by atoms with Crippen LogP contribution < -0.4 is 9.47 Å². The topological polar surface area (TPSA) is 133 Å². The lowest BCUT2D eigenvalue weighted by molar-refractivity contribution is -0.307. The van der Waals surface area contributed by atoms with Crippen molar-refractivity contribution in [2.75, 3.05) is 27.4 Å². The summed E-state index contributed by atoms with van der Waals surface area (Å²) in [5.74, 6) is -3.07. The third kappa shape index (κ3) is 2.26. The second kappa shape index (κ2) is 7.03. The highest BCUT2D eigenvalue weighted by atomic mass is 16.9. The van der Waals surface area contributed by atoms with Gasteiger partial charge in [-0.2, -0.15) is 0 Å². The lowest BCUT2D eigenvalue weighted by Gasteiger charge is -2.47. The molecular formula is C26H26O10. The summed E-state index contributed by atoms with van der Waals surface area (Å²) in [6.07, 6.45) is -0.305. The van der Waals surface area contributed by atoms with Gasteiger partial charge < -0.3 is 38.6 Å². The zero-order valence-electron chi connectivity index (χ0n) is 20.1. The van der Waals surface area contributed by atoms with Crippen LogP contribution in [-0.4, -0.2) is 79.1 Å². The molecule has 0 radical (unpaired) electrons. The van der Waals surface area contributed by atoms with E-state index in [0.29, 0.717) is 58.0 Å². The first-order valence-corrected chi connectivity index (χ1v) is 12.1. The highest BCUT2D eigenvalue weighted by Gasteiger charge is 2.92. The van der Waals surface area contributed by atoms with Crippen molar-refractivity contribution in [2.24, 2.45) is 0 Å². The fourth-order valence-electron chi connectivity index (χ4n) is 6.94. The van der Waals surface area contributed by atoms with E-state index in [2.05, 4.69) is 0 Å². The van der Waals surface area contributed by atoms with Crippen LogP contribution in [0, 0.1) is 6.92 Å². The van der Waals surface area contributed by atoms with Crippen LogP contribution in [0.5, 0.6) is 11.5 Å². The quantitative estimate of drug-likeness (QED) is 0.462. The molecule has 6 atom stereocenters. The Morgan fingerprint density at radius 3 is 2.69 bits per heavy atom. The number of aliphatic hydroxyl groups is 2. The molecule has 7 rings (SSSR count). The van der Waals surface area contributed by atoms with Gasteiger partial charge in [0.15, 0.2) is 18.2 Å². The number of carbonyl (C=O) groups is 2. The van der Waals surface area contributed by atoms with Crippen LogP contribution in [0.3, 0.4) is 0 Å². The number of fused-ring (bicyclic) bond motifs is 8. The van der Waals surface area contributed by atoms with Gasteiger partial charge >= 0.3 is 0 Å². The Morgan fingerprint density at radius 1 is 1.28 bits per heavy atom. The van der Waals surface area contributed by atoms with Crippen molar-refractivity contribution in [3.05, 3.63) is 33.9 Å². The third-order valence-electron chi connectivity index (χ3n) is 8.58. The van der Waals surface area contributed by atoms with Gasteiger partial charge in [-0.25, -0.2) is 0 Å². The van der Waals surface area contributed by atoms with Crippen molar-refractivity contribution >= 4 is 22.8 Å². The molecule has 3 saturated heterocycles. The molecule has 2 bridgehead atoms. The van der Waals surface area contributed by atoms with Gasteiger partial charge in [0.2, 0.25) is 11.4 Å². The largest absolute Gasteiger partial charge is 0.495 e. The number of methoxy groups -OCH3 is 2. The first-order valence-electron chi connectivity index (χ1n) is 12.1. The molecule has 5 aliphatic rings. The van der Waals surface area contributed by atoms with Crippen molar-refractivity contribution < 1.29 is 48.2 Å². The maximum Gasteiger partial charge on any atom is 0.274 e. The van der Waals surface area contributed by atoms with E-state index >= 15 is 0 Å². The zero-order valence-corrected chi connectivity index (χ0v) is 20.1. The van der Waals surface area contributed by atoms with Crippen molar-refractivity contribution in [3.63, 3.8) is 0 Å². The highest BCUT2D eigenvalue weighted by Crippen LogP contribution is 2.70. The first kappa shape index (κ1) is 22.6. The molecule has 3 fully saturated rings. The Bertz CT molecular complexity index is 1360. The van der Waals surface area contributed by atoms with Gasteiger partial charge in [0, 0.05) is 30.0 Å². The van der Waals surface area contributed by atoms with Crippen LogP contribution in [0.15, 0.2) is 6.07 Å². The number of aliphatic hydroxyl groups excluding tert-OH is 1. The molecule has 0 aromatic heterocycles. The Balaban J connectivity index is 1.55. The molecule has 36 heavy (non-hydrogen) atoms. The second-order valence-corrected chi connectivity index (χ2v) is 10.1.